The van der Waals surface area contributed by atoms with Crippen LogP contribution in [0.4, 0.5) is 0 Å². The van der Waals surface area contributed by atoms with Crippen LogP contribution < -0.4 is 5.32 Å². The summed E-state index contributed by atoms with van der Waals surface area (Å²) in [6.07, 6.45) is 2.88. The Morgan fingerprint density at radius 1 is 1.04 bits per heavy atom. The van der Waals surface area contributed by atoms with Gasteiger partial charge in [0, 0.05) is 11.6 Å². The van der Waals surface area contributed by atoms with E-state index in [4.69, 9.17) is 11.6 Å². The van der Waals surface area contributed by atoms with Crippen molar-refractivity contribution in [1.29, 1.82) is 0 Å². The first kappa shape index (κ1) is 17.0. The molecule has 1 unspecified atom stereocenters. The van der Waals surface area contributed by atoms with Crippen LogP contribution in [0.1, 0.15) is 30.0 Å². The van der Waals surface area contributed by atoms with E-state index in [0.29, 0.717) is 11.4 Å². The van der Waals surface area contributed by atoms with E-state index in [9.17, 15) is 4.79 Å². The maximum absolute atomic E-state index is 12.5. The second kappa shape index (κ2) is 8.32. The monoisotopic (exact) mass is 342 g/mol. The summed E-state index contributed by atoms with van der Waals surface area (Å²) in [4.78, 5) is 14.9. The number of hydrogen-bond donors (Lipinski definition) is 1. The van der Waals surface area contributed by atoms with E-state index >= 15 is 0 Å². The molecule has 1 aliphatic heterocycles. The lowest BCUT2D eigenvalue weighted by Crippen LogP contribution is -2.37. The number of carbonyl (C=O) groups is 1. The van der Waals surface area contributed by atoms with Crippen LogP contribution in [0.3, 0.4) is 0 Å². The summed E-state index contributed by atoms with van der Waals surface area (Å²) in [5, 5.41) is 3.90. The zero-order valence-electron chi connectivity index (χ0n) is 13.7. The van der Waals surface area contributed by atoms with Crippen LogP contribution in [-0.4, -0.2) is 30.4 Å². The van der Waals surface area contributed by atoms with Gasteiger partial charge in [-0.3, -0.25) is 4.79 Å². The van der Waals surface area contributed by atoms with Gasteiger partial charge in [-0.1, -0.05) is 54.1 Å². The van der Waals surface area contributed by atoms with Crippen LogP contribution in [0.25, 0.3) is 0 Å². The molecule has 1 heterocycles. The van der Waals surface area contributed by atoms with Gasteiger partial charge in [0.05, 0.1) is 12.5 Å². The molecule has 0 aliphatic carbocycles. The maximum Gasteiger partial charge on any atom is 0.224 e. The fourth-order valence-corrected chi connectivity index (χ4v) is 3.30. The lowest BCUT2D eigenvalue weighted by Gasteiger charge is -2.25. The minimum absolute atomic E-state index is 0.0316. The molecule has 0 radical (unpaired) electrons. The van der Waals surface area contributed by atoms with Gasteiger partial charge < -0.3 is 10.2 Å². The minimum Gasteiger partial charge on any atom is -0.348 e. The molecule has 0 spiro atoms. The first-order valence-electron chi connectivity index (χ1n) is 8.52. The van der Waals surface area contributed by atoms with Crippen LogP contribution in [0.2, 0.25) is 5.02 Å². The van der Waals surface area contributed by atoms with Gasteiger partial charge >= 0.3 is 0 Å². The Morgan fingerprint density at radius 3 is 2.38 bits per heavy atom. The molecule has 2 aromatic rings. The quantitative estimate of drug-likeness (QED) is 0.865. The Hall–Kier alpha value is -1.84. The van der Waals surface area contributed by atoms with Gasteiger partial charge in [-0.2, -0.15) is 0 Å². The van der Waals surface area contributed by atoms with Gasteiger partial charge in [0.25, 0.3) is 0 Å². The number of amides is 1. The van der Waals surface area contributed by atoms with Crippen molar-refractivity contribution in [1.82, 2.24) is 10.2 Å². The number of halogens is 1. The van der Waals surface area contributed by atoms with E-state index in [0.717, 1.165) is 30.8 Å². The molecule has 4 heteroatoms. The molecule has 1 atom stereocenters. The van der Waals surface area contributed by atoms with Crippen LogP contribution in [0.15, 0.2) is 54.6 Å². The first-order valence-corrected chi connectivity index (χ1v) is 8.89. The van der Waals surface area contributed by atoms with Gasteiger partial charge in [-0.15, -0.1) is 0 Å². The summed E-state index contributed by atoms with van der Waals surface area (Å²) in [5.41, 5.74) is 2.14. The third kappa shape index (κ3) is 4.83. The SMILES string of the molecule is O=C(Cc1ccc(Cl)cc1)NC(CN1CCCC1)c1ccccc1. The molecular weight excluding hydrogens is 320 g/mol. The molecule has 1 saturated heterocycles. The molecule has 0 aromatic heterocycles. The topological polar surface area (TPSA) is 32.3 Å². The molecule has 0 bridgehead atoms. The third-order valence-electron chi connectivity index (χ3n) is 4.45. The highest BCUT2D eigenvalue weighted by atomic mass is 35.5. The van der Waals surface area contributed by atoms with Crippen molar-refractivity contribution < 1.29 is 4.79 Å². The van der Waals surface area contributed by atoms with Crippen molar-refractivity contribution in [2.45, 2.75) is 25.3 Å². The van der Waals surface area contributed by atoms with Crippen molar-refractivity contribution in [3.05, 3.63) is 70.7 Å². The van der Waals surface area contributed by atoms with E-state index < -0.39 is 0 Å². The Kier molecular flexibility index (Phi) is 5.89. The van der Waals surface area contributed by atoms with E-state index in [-0.39, 0.29) is 11.9 Å². The average molecular weight is 343 g/mol. The molecule has 1 amide bonds. The van der Waals surface area contributed by atoms with Crippen LogP contribution in [0.5, 0.6) is 0 Å². The fraction of sp³-hybridized carbons (Fsp3) is 0.350. The average Bonchev–Trinajstić information content (AvgIpc) is 3.10. The predicted molar refractivity (Wildman–Crippen MR) is 98.2 cm³/mol. The lowest BCUT2D eigenvalue weighted by molar-refractivity contribution is -0.121. The number of hydrogen-bond acceptors (Lipinski definition) is 2. The van der Waals surface area contributed by atoms with Gasteiger partial charge in [-0.05, 0) is 49.2 Å². The Bertz CT molecular complexity index is 651. The zero-order chi connectivity index (χ0) is 16.8. The number of benzene rings is 2. The highest BCUT2D eigenvalue weighted by Crippen LogP contribution is 2.18. The zero-order valence-corrected chi connectivity index (χ0v) is 14.5. The molecule has 1 fully saturated rings. The van der Waals surface area contributed by atoms with E-state index in [2.05, 4.69) is 22.3 Å². The number of nitrogens with one attached hydrogen (secondary N) is 1. The van der Waals surface area contributed by atoms with E-state index in [1.807, 2.05) is 42.5 Å². The summed E-state index contributed by atoms with van der Waals surface area (Å²) in [7, 11) is 0. The van der Waals surface area contributed by atoms with Crippen molar-refractivity contribution in [2.24, 2.45) is 0 Å². The number of nitrogens with zero attached hydrogens (tertiary/aromatic N) is 1. The van der Waals surface area contributed by atoms with Gasteiger partial charge in [0.2, 0.25) is 5.91 Å². The molecule has 126 valence electrons. The van der Waals surface area contributed by atoms with Crippen molar-refractivity contribution in [3.8, 4) is 0 Å². The van der Waals surface area contributed by atoms with Gasteiger partial charge in [0.1, 0.15) is 0 Å². The summed E-state index contributed by atoms with van der Waals surface area (Å²) >= 11 is 5.90. The molecule has 1 N–H and O–H groups in total. The molecule has 0 saturated carbocycles. The standard InChI is InChI=1S/C20H23ClN2O/c21-18-10-8-16(9-11-18)14-20(24)22-19(15-23-12-4-5-13-23)17-6-2-1-3-7-17/h1-3,6-11,19H,4-5,12-15H2,(H,22,24). The second-order valence-corrected chi connectivity index (χ2v) is 6.78. The minimum atomic E-state index is 0.0316. The van der Waals surface area contributed by atoms with Gasteiger partial charge in [0.15, 0.2) is 0 Å². The molecule has 2 aromatic carbocycles. The number of carbonyl (C=O) groups excluding carboxylic acids is 1. The van der Waals surface area contributed by atoms with E-state index in [1.54, 1.807) is 0 Å². The largest absolute Gasteiger partial charge is 0.348 e. The van der Waals surface area contributed by atoms with E-state index in [1.165, 1.54) is 12.8 Å². The van der Waals surface area contributed by atoms with Crippen molar-refractivity contribution in [2.75, 3.05) is 19.6 Å². The smallest absolute Gasteiger partial charge is 0.224 e. The second-order valence-electron chi connectivity index (χ2n) is 6.34. The Labute approximate surface area is 148 Å². The summed E-state index contributed by atoms with van der Waals surface area (Å²) in [5.74, 6) is 0.0466. The fourth-order valence-electron chi connectivity index (χ4n) is 3.18. The molecule has 1 aliphatic rings. The van der Waals surface area contributed by atoms with Gasteiger partial charge in [-0.25, -0.2) is 0 Å². The molecule has 3 rings (SSSR count). The van der Waals surface area contributed by atoms with Crippen molar-refractivity contribution >= 4 is 17.5 Å². The normalized spacial score (nSPS) is 16.0. The molecule has 24 heavy (non-hydrogen) atoms. The Morgan fingerprint density at radius 2 is 1.71 bits per heavy atom. The van der Waals surface area contributed by atoms with Crippen molar-refractivity contribution in [3.63, 3.8) is 0 Å². The Balaban J connectivity index is 1.66. The maximum atomic E-state index is 12.5. The summed E-state index contributed by atoms with van der Waals surface area (Å²) in [6, 6.07) is 17.7. The van der Waals surface area contributed by atoms with Crippen LogP contribution in [-0.2, 0) is 11.2 Å². The highest BCUT2D eigenvalue weighted by molar-refractivity contribution is 6.30. The molecule has 3 nitrogen and oxygen atoms in total. The van der Waals surface area contributed by atoms with Crippen LogP contribution >= 0.6 is 11.6 Å². The lowest BCUT2D eigenvalue weighted by atomic mass is 10.1. The highest BCUT2D eigenvalue weighted by Gasteiger charge is 2.20. The summed E-state index contributed by atoms with van der Waals surface area (Å²) in [6.45, 7) is 3.11. The predicted octanol–water partition coefficient (Wildman–Crippen LogP) is 3.84. The summed E-state index contributed by atoms with van der Waals surface area (Å²) < 4.78 is 0. The third-order valence-corrected chi connectivity index (χ3v) is 4.71. The van der Waals surface area contributed by atoms with Crippen LogP contribution in [0, 0.1) is 0 Å². The first-order chi connectivity index (χ1) is 11.7. The number of likely N-dealkylation sites (tertiary alicyclic amines) is 1. The number of rotatable bonds is 6. The molecular formula is C20H23ClN2O.